The molecule has 1 aliphatic rings. The standard InChI is InChI=1S/C21H17BrN2O3S/c22-17-5-1-2-6-18(17)23-20(26)14-7-9-15(10-8-14)21-24(19(25)13-28-21)12-16-4-3-11-27-16/h1-11,21H,12-13H2,(H,23,26)/t21-/m1/s1. The second-order valence-corrected chi connectivity index (χ2v) is 8.24. The van der Waals surface area contributed by atoms with E-state index in [1.807, 2.05) is 48.5 Å². The maximum Gasteiger partial charge on any atom is 0.255 e. The van der Waals surface area contributed by atoms with Gasteiger partial charge in [0.15, 0.2) is 0 Å². The number of anilines is 1. The van der Waals surface area contributed by atoms with Gasteiger partial charge in [-0.15, -0.1) is 11.8 Å². The molecule has 1 N–H and O–H groups in total. The lowest BCUT2D eigenvalue weighted by molar-refractivity contribution is -0.128. The van der Waals surface area contributed by atoms with Gasteiger partial charge in [0, 0.05) is 10.0 Å². The quantitative estimate of drug-likeness (QED) is 0.581. The summed E-state index contributed by atoms with van der Waals surface area (Å²) in [5.74, 6) is 1.10. The third-order valence-electron chi connectivity index (χ3n) is 4.45. The highest BCUT2D eigenvalue weighted by Crippen LogP contribution is 2.39. The van der Waals surface area contributed by atoms with Crippen molar-refractivity contribution in [2.45, 2.75) is 11.9 Å². The van der Waals surface area contributed by atoms with Gasteiger partial charge in [-0.05, 0) is 57.9 Å². The van der Waals surface area contributed by atoms with Crippen LogP contribution >= 0.6 is 27.7 Å². The highest BCUT2D eigenvalue weighted by atomic mass is 79.9. The summed E-state index contributed by atoms with van der Waals surface area (Å²) >= 11 is 5.01. The molecule has 0 radical (unpaired) electrons. The molecule has 3 aromatic rings. The molecule has 1 aromatic heterocycles. The third-order valence-corrected chi connectivity index (χ3v) is 6.40. The number of carbonyl (C=O) groups is 2. The summed E-state index contributed by atoms with van der Waals surface area (Å²) < 4.78 is 6.21. The minimum atomic E-state index is -0.180. The molecule has 1 aliphatic heterocycles. The molecular weight excluding hydrogens is 440 g/mol. The van der Waals surface area contributed by atoms with E-state index in [9.17, 15) is 9.59 Å². The van der Waals surface area contributed by atoms with Gasteiger partial charge < -0.3 is 14.6 Å². The molecule has 4 rings (SSSR count). The molecule has 1 saturated heterocycles. The zero-order valence-corrected chi connectivity index (χ0v) is 17.2. The van der Waals surface area contributed by atoms with Crippen molar-refractivity contribution < 1.29 is 14.0 Å². The van der Waals surface area contributed by atoms with E-state index in [1.165, 1.54) is 0 Å². The lowest BCUT2D eigenvalue weighted by Crippen LogP contribution is -2.27. The summed E-state index contributed by atoms with van der Waals surface area (Å²) in [6.45, 7) is 0.438. The van der Waals surface area contributed by atoms with Gasteiger partial charge in [-0.2, -0.15) is 0 Å². The van der Waals surface area contributed by atoms with Crippen LogP contribution in [-0.2, 0) is 11.3 Å². The zero-order valence-electron chi connectivity index (χ0n) is 14.8. The number of benzene rings is 2. The fourth-order valence-corrected chi connectivity index (χ4v) is 4.60. The van der Waals surface area contributed by atoms with Crippen molar-refractivity contribution in [3.05, 3.63) is 88.3 Å². The molecule has 0 aliphatic carbocycles. The van der Waals surface area contributed by atoms with Gasteiger partial charge in [-0.25, -0.2) is 0 Å². The molecule has 5 nitrogen and oxygen atoms in total. The van der Waals surface area contributed by atoms with E-state index in [1.54, 1.807) is 35.1 Å². The van der Waals surface area contributed by atoms with Crippen LogP contribution in [0.4, 0.5) is 5.69 Å². The average molecular weight is 457 g/mol. The maximum absolute atomic E-state index is 12.5. The highest BCUT2D eigenvalue weighted by molar-refractivity contribution is 9.10. The zero-order chi connectivity index (χ0) is 19.5. The normalized spacial score (nSPS) is 16.4. The number of hydrogen-bond acceptors (Lipinski definition) is 4. The van der Waals surface area contributed by atoms with Crippen LogP contribution in [0.5, 0.6) is 0 Å². The van der Waals surface area contributed by atoms with Crippen molar-refractivity contribution in [3.63, 3.8) is 0 Å². The number of amides is 2. The number of thioether (sulfide) groups is 1. The van der Waals surface area contributed by atoms with Crippen molar-refractivity contribution >= 4 is 45.2 Å². The number of halogens is 1. The second kappa shape index (κ2) is 8.24. The van der Waals surface area contributed by atoms with E-state index in [0.29, 0.717) is 17.9 Å². The Labute approximate surface area is 175 Å². The van der Waals surface area contributed by atoms with Crippen LogP contribution in [0.2, 0.25) is 0 Å². The minimum Gasteiger partial charge on any atom is -0.467 e. The Bertz CT molecular complexity index is 989. The molecule has 1 fully saturated rings. The smallest absolute Gasteiger partial charge is 0.255 e. The molecule has 28 heavy (non-hydrogen) atoms. The second-order valence-electron chi connectivity index (χ2n) is 6.32. The number of furan rings is 1. The van der Waals surface area contributed by atoms with Crippen molar-refractivity contribution in [1.82, 2.24) is 4.90 Å². The Morgan fingerprint density at radius 1 is 1.14 bits per heavy atom. The van der Waals surface area contributed by atoms with E-state index in [0.717, 1.165) is 21.5 Å². The molecule has 142 valence electrons. The Morgan fingerprint density at radius 2 is 1.93 bits per heavy atom. The topological polar surface area (TPSA) is 62.6 Å². The van der Waals surface area contributed by atoms with E-state index in [-0.39, 0.29) is 17.2 Å². The fraction of sp³-hybridized carbons (Fsp3) is 0.143. The molecule has 0 spiro atoms. The van der Waals surface area contributed by atoms with Gasteiger partial charge in [0.2, 0.25) is 5.91 Å². The van der Waals surface area contributed by atoms with Crippen molar-refractivity contribution in [2.24, 2.45) is 0 Å². The van der Waals surface area contributed by atoms with Crippen LogP contribution in [0.25, 0.3) is 0 Å². The van der Waals surface area contributed by atoms with Crippen molar-refractivity contribution in [2.75, 3.05) is 11.1 Å². The van der Waals surface area contributed by atoms with Crippen LogP contribution in [0.3, 0.4) is 0 Å². The molecule has 7 heteroatoms. The summed E-state index contributed by atoms with van der Waals surface area (Å²) in [5.41, 5.74) is 2.27. The van der Waals surface area contributed by atoms with Gasteiger partial charge in [-0.1, -0.05) is 24.3 Å². The molecule has 2 heterocycles. The lowest BCUT2D eigenvalue weighted by atomic mass is 10.1. The van der Waals surface area contributed by atoms with Crippen LogP contribution in [0, 0.1) is 0 Å². The van der Waals surface area contributed by atoms with Crippen molar-refractivity contribution in [3.8, 4) is 0 Å². The van der Waals surface area contributed by atoms with E-state index in [2.05, 4.69) is 21.2 Å². The summed E-state index contributed by atoms with van der Waals surface area (Å²) in [6.07, 6.45) is 1.61. The first-order valence-electron chi connectivity index (χ1n) is 8.71. The van der Waals surface area contributed by atoms with Crippen LogP contribution < -0.4 is 5.32 Å². The van der Waals surface area contributed by atoms with E-state index in [4.69, 9.17) is 4.42 Å². The largest absolute Gasteiger partial charge is 0.467 e. The average Bonchev–Trinajstić information content (AvgIpc) is 3.35. The van der Waals surface area contributed by atoms with Crippen LogP contribution in [0.1, 0.15) is 27.1 Å². The monoisotopic (exact) mass is 456 g/mol. The highest BCUT2D eigenvalue weighted by Gasteiger charge is 2.33. The molecule has 0 saturated carbocycles. The number of nitrogens with one attached hydrogen (secondary N) is 1. The predicted octanol–water partition coefficient (Wildman–Crippen LogP) is 5.07. The van der Waals surface area contributed by atoms with E-state index < -0.39 is 0 Å². The van der Waals surface area contributed by atoms with Crippen LogP contribution in [0.15, 0.2) is 75.8 Å². The first kappa shape index (κ1) is 18.8. The first-order valence-corrected chi connectivity index (χ1v) is 10.6. The number of carbonyl (C=O) groups excluding carboxylic acids is 2. The Hall–Kier alpha value is -2.51. The molecular formula is C21H17BrN2O3S. The van der Waals surface area contributed by atoms with Gasteiger partial charge in [0.25, 0.3) is 5.91 Å². The Morgan fingerprint density at radius 3 is 2.64 bits per heavy atom. The number of hydrogen-bond donors (Lipinski definition) is 1. The molecule has 0 unspecified atom stereocenters. The summed E-state index contributed by atoms with van der Waals surface area (Å²) in [5, 5.41) is 2.81. The Balaban J connectivity index is 1.48. The van der Waals surface area contributed by atoms with Gasteiger partial charge in [-0.3, -0.25) is 9.59 Å². The van der Waals surface area contributed by atoms with Crippen molar-refractivity contribution in [1.29, 1.82) is 0 Å². The molecule has 1 atom stereocenters. The summed E-state index contributed by atoms with van der Waals surface area (Å²) in [6, 6.07) is 18.5. The fourth-order valence-electron chi connectivity index (χ4n) is 3.03. The predicted molar refractivity (Wildman–Crippen MR) is 113 cm³/mol. The molecule has 2 amide bonds. The number of para-hydroxylation sites is 1. The minimum absolute atomic E-state index is 0.0852. The molecule has 0 bridgehead atoms. The number of rotatable bonds is 5. The summed E-state index contributed by atoms with van der Waals surface area (Å²) in [7, 11) is 0. The summed E-state index contributed by atoms with van der Waals surface area (Å²) in [4.78, 5) is 26.6. The van der Waals surface area contributed by atoms with Gasteiger partial charge in [0.05, 0.1) is 24.2 Å². The lowest BCUT2D eigenvalue weighted by Gasteiger charge is -2.23. The SMILES string of the molecule is O=C(Nc1ccccc1Br)c1ccc([C@H]2SCC(=O)N2Cc2ccco2)cc1. The van der Waals surface area contributed by atoms with Crippen LogP contribution in [-0.4, -0.2) is 22.5 Å². The molecule has 2 aromatic carbocycles. The van der Waals surface area contributed by atoms with Gasteiger partial charge in [0.1, 0.15) is 11.1 Å². The first-order chi connectivity index (χ1) is 13.6. The van der Waals surface area contributed by atoms with E-state index >= 15 is 0 Å². The Kier molecular flexibility index (Phi) is 5.54. The number of nitrogens with zero attached hydrogens (tertiary/aromatic N) is 1. The maximum atomic E-state index is 12.5. The third kappa shape index (κ3) is 4.00. The van der Waals surface area contributed by atoms with Gasteiger partial charge >= 0.3 is 0 Å².